The Morgan fingerprint density at radius 1 is 1.36 bits per heavy atom. The van der Waals surface area contributed by atoms with E-state index in [9.17, 15) is 4.79 Å². The van der Waals surface area contributed by atoms with E-state index in [4.69, 9.17) is 0 Å². The number of hydrogen-bond acceptors (Lipinski definition) is 3. The summed E-state index contributed by atoms with van der Waals surface area (Å²) in [6.07, 6.45) is 2.99. The Bertz CT molecular complexity index is 284. The molecule has 14 heavy (non-hydrogen) atoms. The van der Waals surface area contributed by atoms with E-state index in [0.717, 1.165) is 12.8 Å². The maximum Gasteiger partial charge on any atom is 0.133 e. The minimum Gasteiger partial charge on any atom is -0.302 e. The number of hydrogen-bond donors (Lipinski definition) is 0. The van der Waals surface area contributed by atoms with Gasteiger partial charge >= 0.3 is 0 Å². The second kappa shape index (κ2) is 5.83. The van der Waals surface area contributed by atoms with Crippen LogP contribution in [0.1, 0.15) is 5.56 Å². The van der Waals surface area contributed by atoms with Gasteiger partial charge in [-0.2, -0.15) is 0 Å². The lowest BCUT2D eigenvalue weighted by Crippen LogP contribution is -2.19. The number of benzene rings is 1. The van der Waals surface area contributed by atoms with Gasteiger partial charge in [-0.3, -0.25) is 4.90 Å². The van der Waals surface area contributed by atoms with Gasteiger partial charge in [0, 0.05) is 11.4 Å². The predicted molar refractivity (Wildman–Crippen MR) is 60.6 cm³/mol. The van der Waals surface area contributed by atoms with E-state index in [1.54, 1.807) is 11.8 Å². The maximum atomic E-state index is 10.3. The highest BCUT2D eigenvalue weighted by Crippen LogP contribution is 2.15. The number of rotatable bonds is 5. The van der Waals surface area contributed by atoms with Crippen molar-refractivity contribution in [1.82, 2.24) is 4.90 Å². The summed E-state index contributed by atoms with van der Waals surface area (Å²) < 4.78 is 0. The first kappa shape index (κ1) is 11.3. The molecule has 1 rings (SSSR count). The molecule has 0 bridgehead atoms. The molecule has 76 valence electrons. The van der Waals surface area contributed by atoms with Crippen LogP contribution in [0.3, 0.4) is 0 Å². The van der Waals surface area contributed by atoms with Crippen molar-refractivity contribution >= 4 is 18.0 Å². The number of thioether (sulfide) groups is 1. The van der Waals surface area contributed by atoms with Gasteiger partial charge < -0.3 is 4.79 Å². The van der Waals surface area contributed by atoms with Gasteiger partial charge in [0.15, 0.2) is 0 Å². The van der Waals surface area contributed by atoms with E-state index >= 15 is 0 Å². The Kier molecular flexibility index (Phi) is 4.70. The van der Waals surface area contributed by atoms with Crippen LogP contribution in [0.25, 0.3) is 0 Å². The third kappa shape index (κ3) is 3.52. The molecule has 0 saturated carbocycles. The second-order valence-electron chi connectivity index (χ2n) is 3.21. The molecular weight excluding hydrogens is 194 g/mol. The second-order valence-corrected chi connectivity index (χ2v) is 4.09. The fourth-order valence-electron chi connectivity index (χ4n) is 1.23. The first-order chi connectivity index (χ1) is 6.76. The molecule has 0 aliphatic carbocycles. The van der Waals surface area contributed by atoms with Crippen LogP contribution in [0.2, 0.25) is 0 Å². The van der Waals surface area contributed by atoms with Gasteiger partial charge in [0.25, 0.3) is 0 Å². The van der Waals surface area contributed by atoms with Gasteiger partial charge in [-0.15, -0.1) is 11.8 Å². The molecule has 0 atom stereocenters. The van der Waals surface area contributed by atoms with Crippen molar-refractivity contribution in [3.8, 4) is 0 Å². The lowest BCUT2D eigenvalue weighted by molar-refractivity contribution is -0.108. The van der Waals surface area contributed by atoms with Crippen molar-refractivity contribution in [2.45, 2.75) is 11.4 Å². The van der Waals surface area contributed by atoms with Crippen LogP contribution in [0.5, 0.6) is 0 Å². The first-order valence-corrected chi connectivity index (χ1v) is 5.74. The largest absolute Gasteiger partial charge is 0.302 e. The maximum absolute atomic E-state index is 10.3. The molecule has 0 saturated heterocycles. The summed E-state index contributed by atoms with van der Waals surface area (Å²) in [5.74, 6) is 0. The predicted octanol–water partition coefficient (Wildman–Crippen LogP) is 2.04. The monoisotopic (exact) mass is 209 g/mol. The topological polar surface area (TPSA) is 20.3 Å². The minimum atomic E-state index is 0.490. The van der Waals surface area contributed by atoms with Crippen molar-refractivity contribution in [3.05, 3.63) is 29.8 Å². The zero-order valence-electron chi connectivity index (χ0n) is 8.56. The zero-order valence-corrected chi connectivity index (χ0v) is 9.38. The molecule has 0 aliphatic heterocycles. The van der Waals surface area contributed by atoms with Gasteiger partial charge in [-0.1, -0.05) is 12.1 Å². The minimum absolute atomic E-state index is 0.490. The summed E-state index contributed by atoms with van der Waals surface area (Å²) >= 11 is 1.74. The molecule has 0 unspecified atom stereocenters. The molecule has 0 amide bonds. The highest BCUT2D eigenvalue weighted by atomic mass is 32.2. The molecule has 0 spiro atoms. The molecule has 0 N–H and O–H groups in total. The number of aldehydes is 1. The summed E-state index contributed by atoms with van der Waals surface area (Å²) in [5.41, 5.74) is 1.24. The SMILES string of the molecule is CSc1ccc(CN(C)CC=O)cc1. The standard InChI is InChI=1S/C11H15NOS/c1-12(7-8-13)9-10-3-5-11(14-2)6-4-10/h3-6,8H,7,9H2,1-2H3. The molecule has 2 nitrogen and oxygen atoms in total. The van der Waals surface area contributed by atoms with Crippen molar-refractivity contribution in [2.75, 3.05) is 19.8 Å². The molecular formula is C11H15NOS. The molecule has 1 aromatic rings. The highest BCUT2D eigenvalue weighted by molar-refractivity contribution is 7.98. The van der Waals surface area contributed by atoms with Crippen LogP contribution in [-0.2, 0) is 11.3 Å². The van der Waals surface area contributed by atoms with Gasteiger partial charge in [0.1, 0.15) is 6.29 Å². The molecule has 0 heterocycles. The molecule has 0 radical (unpaired) electrons. The molecule has 1 aromatic carbocycles. The third-order valence-electron chi connectivity index (χ3n) is 2.00. The Morgan fingerprint density at radius 2 is 2.00 bits per heavy atom. The normalized spacial score (nSPS) is 10.5. The Morgan fingerprint density at radius 3 is 2.50 bits per heavy atom. The van der Waals surface area contributed by atoms with Gasteiger partial charge in [0.05, 0.1) is 6.54 Å². The molecule has 0 aliphatic rings. The number of nitrogens with zero attached hydrogens (tertiary/aromatic N) is 1. The zero-order chi connectivity index (χ0) is 10.4. The summed E-state index contributed by atoms with van der Waals surface area (Å²) in [4.78, 5) is 13.5. The van der Waals surface area contributed by atoms with E-state index in [0.29, 0.717) is 6.54 Å². The lowest BCUT2D eigenvalue weighted by Gasteiger charge is -2.12. The summed E-state index contributed by atoms with van der Waals surface area (Å²) in [7, 11) is 1.94. The lowest BCUT2D eigenvalue weighted by atomic mass is 10.2. The number of carbonyl (C=O) groups excluding carboxylic acids is 1. The summed E-state index contributed by atoms with van der Waals surface area (Å²) in [6.45, 7) is 1.32. The van der Waals surface area contributed by atoms with Gasteiger partial charge in [-0.25, -0.2) is 0 Å². The first-order valence-electron chi connectivity index (χ1n) is 4.51. The summed E-state index contributed by atoms with van der Waals surface area (Å²) in [6, 6.07) is 8.42. The molecule has 0 fully saturated rings. The van der Waals surface area contributed by atoms with Crippen LogP contribution in [0, 0.1) is 0 Å². The van der Waals surface area contributed by atoms with Crippen molar-refractivity contribution in [2.24, 2.45) is 0 Å². The van der Waals surface area contributed by atoms with Gasteiger partial charge in [-0.05, 0) is 31.0 Å². The van der Waals surface area contributed by atoms with Crippen molar-refractivity contribution < 1.29 is 4.79 Å². The highest BCUT2D eigenvalue weighted by Gasteiger charge is 1.98. The van der Waals surface area contributed by atoms with Crippen LogP contribution >= 0.6 is 11.8 Å². The quantitative estimate of drug-likeness (QED) is 0.547. The van der Waals surface area contributed by atoms with Crippen LogP contribution in [0.15, 0.2) is 29.2 Å². The number of carbonyl (C=O) groups is 1. The average molecular weight is 209 g/mol. The van der Waals surface area contributed by atoms with Crippen LogP contribution in [0.4, 0.5) is 0 Å². The number of likely N-dealkylation sites (N-methyl/N-ethyl adjacent to an activating group) is 1. The fraction of sp³-hybridized carbons (Fsp3) is 0.364. The Labute approximate surface area is 89.3 Å². The van der Waals surface area contributed by atoms with E-state index in [-0.39, 0.29) is 0 Å². The fourth-order valence-corrected chi connectivity index (χ4v) is 1.64. The van der Waals surface area contributed by atoms with E-state index in [2.05, 4.69) is 30.5 Å². The summed E-state index contributed by atoms with van der Waals surface area (Å²) in [5, 5.41) is 0. The molecule has 3 heteroatoms. The molecule has 0 aromatic heterocycles. The Hall–Kier alpha value is -0.800. The Balaban J connectivity index is 2.54. The van der Waals surface area contributed by atoms with Crippen LogP contribution < -0.4 is 0 Å². The van der Waals surface area contributed by atoms with Crippen molar-refractivity contribution in [1.29, 1.82) is 0 Å². The van der Waals surface area contributed by atoms with E-state index in [1.165, 1.54) is 10.5 Å². The van der Waals surface area contributed by atoms with Gasteiger partial charge in [0.2, 0.25) is 0 Å². The average Bonchev–Trinajstić information content (AvgIpc) is 2.19. The van der Waals surface area contributed by atoms with E-state index < -0.39 is 0 Å². The third-order valence-corrected chi connectivity index (χ3v) is 2.74. The van der Waals surface area contributed by atoms with E-state index in [1.807, 2.05) is 11.9 Å². The smallest absolute Gasteiger partial charge is 0.133 e. The van der Waals surface area contributed by atoms with Crippen LogP contribution in [-0.4, -0.2) is 31.0 Å². The van der Waals surface area contributed by atoms with Crippen molar-refractivity contribution in [3.63, 3.8) is 0 Å².